The maximum atomic E-state index is 2.42. The first kappa shape index (κ1) is 9.83. The summed E-state index contributed by atoms with van der Waals surface area (Å²) in [5, 5.41) is 0. The van der Waals surface area contributed by atoms with E-state index in [-0.39, 0.29) is 0 Å². The van der Waals surface area contributed by atoms with Gasteiger partial charge in [-0.05, 0) is 38.5 Å². The third-order valence-electron chi connectivity index (χ3n) is 2.48. The van der Waals surface area contributed by atoms with Gasteiger partial charge in [0, 0.05) is 0 Å². The molecule has 12 heavy (non-hydrogen) atoms. The van der Waals surface area contributed by atoms with Crippen molar-refractivity contribution in [2.45, 2.75) is 52.9 Å². The van der Waals surface area contributed by atoms with Crippen LogP contribution < -0.4 is 0 Å². The quantitative estimate of drug-likeness (QED) is 0.424. The van der Waals surface area contributed by atoms with Gasteiger partial charge in [0.2, 0.25) is 0 Å². The molecule has 0 bridgehead atoms. The summed E-state index contributed by atoms with van der Waals surface area (Å²) >= 11 is 0. The van der Waals surface area contributed by atoms with Crippen molar-refractivity contribution in [1.29, 1.82) is 0 Å². The van der Waals surface area contributed by atoms with Crippen LogP contribution in [0.4, 0.5) is 0 Å². The van der Waals surface area contributed by atoms with Crippen LogP contribution in [0, 0.1) is 11.8 Å². The molecule has 0 heterocycles. The van der Waals surface area contributed by atoms with E-state index in [1.165, 1.54) is 37.7 Å². The predicted molar refractivity (Wildman–Crippen MR) is 54.9 cm³/mol. The number of rotatable bonds is 5. The minimum atomic E-state index is 0.867. The first-order valence-electron chi connectivity index (χ1n) is 5.23. The predicted octanol–water partition coefficient (Wildman–Crippen LogP) is 4.13. The van der Waals surface area contributed by atoms with E-state index in [1.807, 2.05) is 0 Å². The Hall–Kier alpha value is -0.260. The Balaban J connectivity index is 2.04. The van der Waals surface area contributed by atoms with Gasteiger partial charge in [-0.3, -0.25) is 0 Å². The topological polar surface area (TPSA) is 0 Å². The molecule has 0 N–H and O–H groups in total. The van der Waals surface area contributed by atoms with Crippen molar-refractivity contribution in [2.24, 2.45) is 5.92 Å². The highest BCUT2D eigenvalue weighted by Gasteiger charge is 2.34. The summed E-state index contributed by atoms with van der Waals surface area (Å²) in [6, 6.07) is 0. The van der Waals surface area contributed by atoms with Crippen LogP contribution in [0.3, 0.4) is 0 Å². The maximum Gasteiger partial charge on any atom is -0.0163 e. The normalized spacial score (nSPS) is 22.4. The maximum absolute atomic E-state index is 2.42. The molecule has 0 spiro atoms. The van der Waals surface area contributed by atoms with E-state index in [0.717, 1.165) is 5.92 Å². The van der Waals surface area contributed by atoms with Crippen LogP contribution in [0.25, 0.3) is 0 Å². The number of hydrogen-bond donors (Lipinski definition) is 0. The van der Waals surface area contributed by atoms with Crippen molar-refractivity contribution in [3.05, 3.63) is 17.6 Å². The average Bonchev–Trinajstić information content (AvgIpc) is 2.67. The molecule has 1 atom stereocenters. The lowest BCUT2D eigenvalue weighted by Crippen LogP contribution is -1.79. The molecule has 0 aromatic rings. The third kappa shape index (κ3) is 3.42. The van der Waals surface area contributed by atoms with Crippen LogP contribution in [0.5, 0.6) is 0 Å². The van der Waals surface area contributed by atoms with Gasteiger partial charge in [-0.25, -0.2) is 0 Å². The second-order valence-electron chi connectivity index (χ2n) is 4.17. The van der Waals surface area contributed by atoms with Gasteiger partial charge in [-0.2, -0.15) is 0 Å². The highest BCUT2D eigenvalue weighted by Crippen LogP contribution is 2.46. The largest absolute Gasteiger partial charge is 0.0822 e. The lowest BCUT2D eigenvalue weighted by Gasteiger charge is -1.95. The summed E-state index contributed by atoms with van der Waals surface area (Å²) in [5.74, 6) is 2.66. The van der Waals surface area contributed by atoms with Gasteiger partial charge < -0.3 is 0 Å². The first-order chi connectivity index (χ1) is 5.74. The molecule has 0 aromatic carbocycles. The van der Waals surface area contributed by atoms with Crippen molar-refractivity contribution in [1.82, 2.24) is 0 Å². The molecule has 0 nitrogen and oxygen atoms in total. The minimum Gasteiger partial charge on any atom is -0.0822 e. The molecule has 0 heteroatoms. The van der Waals surface area contributed by atoms with Crippen LogP contribution in [-0.2, 0) is 0 Å². The van der Waals surface area contributed by atoms with E-state index in [4.69, 9.17) is 0 Å². The van der Waals surface area contributed by atoms with E-state index < -0.39 is 0 Å². The van der Waals surface area contributed by atoms with Gasteiger partial charge in [0.15, 0.2) is 0 Å². The number of unbranched alkanes of at least 4 members (excludes halogenated alkanes) is 2. The summed E-state index contributed by atoms with van der Waals surface area (Å²) < 4.78 is 0. The molecule has 1 aliphatic carbocycles. The molecule has 69 valence electrons. The van der Waals surface area contributed by atoms with Crippen LogP contribution in [0.2, 0.25) is 0 Å². The van der Waals surface area contributed by atoms with Gasteiger partial charge >= 0.3 is 0 Å². The van der Waals surface area contributed by atoms with Crippen molar-refractivity contribution in [2.75, 3.05) is 0 Å². The zero-order valence-electron chi connectivity index (χ0n) is 8.69. The molecule has 1 fully saturated rings. The molecule has 0 amide bonds. The lowest BCUT2D eigenvalue weighted by molar-refractivity contribution is 0.698. The second kappa shape index (κ2) is 4.69. The molecular weight excluding hydrogens is 144 g/mol. The SMILES string of the molecule is CCCCC[C]1C[C@H]1C=C(C)C. The van der Waals surface area contributed by atoms with E-state index in [1.54, 1.807) is 5.92 Å². The van der Waals surface area contributed by atoms with Crippen LogP contribution in [-0.4, -0.2) is 0 Å². The molecule has 0 aliphatic heterocycles. The van der Waals surface area contributed by atoms with Crippen molar-refractivity contribution < 1.29 is 0 Å². The Labute approximate surface area is 77.1 Å². The number of allylic oxidation sites excluding steroid dienone is 2. The van der Waals surface area contributed by atoms with Crippen molar-refractivity contribution in [3.8, 4) is 0 Å². The van der Waals surface area contributed by atoms with Gasteiger partial charge in [0.25, 0.3) is 0 Å². The summed E-state index contributed by atoms with van der Waals surface area (Å²) in [7, 11) is 0. The van der Waals surface area contributed by atoms with Gasteiger partial charge in [0.1, 0.15) is 0 Å². The lowest BCUT2D eigenvalue weighted by atomic mass is 10.1. The Morgan fingerprint density at radius 3 is 2.75 bits per heavy atom. The summed E-state index contributed by atoms with van der Waals surface area (Å²) in [6.45, 7) is 6.66. The summed E-state index contributed by atoms with van der Waals surface area (Å²) in [4.78, 5) is 0. The molecule has 0 saturated heterocycles. The van der Waals surface area contributed by atoms with E-state index in [2.05, 4.69) is 26.8 Å². The fourth-order valence-corrected chi connectivity index (χ4v) is 1.69. The van der Waals surface area contributed by atoms with Gasteiger partial charge in [-0.15, -0.1) is 0 Å². The minimum absolute atomic E-state index is 0.867. The van der Waals surface area contributed by atoms with Gasteiger partial charge in [0.05, 0.1) is 0 Å². The standard InChI is InChI=1S/C12H21/c1-4-5-6-7-11-9-12(11)8-10(2)3/h8,12H,4-7,9H2,1-3H3/t12-/m1/s1. The molecule has 0 aromatic heterocycles. The molecule has 1 radical (unpaired) electrons. The summed E-state index contributed by atoms with van der Waals surface area (Å²) in [6.07, 6.45) is 9.36. The Kier molecular flexibility index (Phi) is 3.84. The average molecular weight is 165 g/mol. The van der Waals surface area contributed by atoms with E-state index in [9.17, 15) is 0 Å². The number of hydrogen-bond acceptors (Lipinski definition) is 0. The summed E-state index contributed by atoms with van der Waals surface area (Å²) in [5.41, 5.74) is 1.48. The molecule has 1 saturated carbocycles. The van der Waals surface area contributed by atoms with Crippen LogP contribution in [0.15, 0.2) is 11.6 Å². The molecule has 1 aliphatic rings. The Morgan fingerprint density at radius 2 is 2.17 bits per heavy atom. The van der Waals surface area contributed by atoms with E-state index in [0.29, 0.717) is 0 Å². The highest BCUT2D eigenvalue weighted by molar-refractivity contribution is 5.23. The molecular formula is C12H21. The zero-order chi connectivity index (χ0) is 8.97. The first-order valence-corrected chi connectivity index (χ1v) is 5.23. The Morgan fingerprint density at radius 1 is 1.42 bits per heavy atom. The van der Waals surface area contributed by atoms with Crippen LogP contribution >= 0.6 is 0 Å². The Bertz CT molecular complexity index is 151. The fourth-order valence-electron chi connectivity index (χ4n) is 1.69. The highest BCUT2D eigenvalue weighted by atomic mass is 14.4. The third-order valence-corrected chi connectivity index (χ3v) is 2.48. The fraction of sp³-hybridized carbons (Fsp3) is 0.750. The molecule has 1 rings (SSSR count). The van der Waals surface area contributed by atoms with Crippen molar-refractivity contribution in [3.63, 3.8) is 0 Å². The monoisotopic (exact) mass is 165 g/mol. The molecule has 0 unspecified atom stereocenters. The van der Waals surface area contributed by atoms with E-state index >= 15 is 0 Å². The zero-order valence-corrected chi connectivity index (χ0v) is 8.69. The van der Waals surface area contributed by atoms with Crippen LogP contribution in [0.1, 0.15) is 52.9 Å². The van der Waals surface area contributed by atoms with Gasteiger partial charge in [-0.1, -0.05) is 37.8 Å². The second-order valence-corrected chi connectivity index (χ2v) is 4.17. The van der Waals surface area contributed by atoms with Crippen molar-refractivity contribution >= 4 is 0 Å². The smallest absolute Gasteiger partial charge is 0.0163 e.